The van der Waals surface area contributed by atoms with Crippen molar-refractivity contribution in [2.45, 2.75) is 19.4 Å². The third-order valence-corrected chi connectivity index (χ3v) is 3.62. The Morgan fingerprint density at radius 1 is 1.24 bits per heavy atom. The Bertz CT molecular complexity index is 606. The van der Waals surface area contributed by atoms with Crippen LogP contribution in [0.4, 0.5) is 11.5 Å². The van der Waals surface area contributed by atoms with Crippen molar-refractivity contribution in [1.82, 2.24) is 4.98 Å². The van der Waals surface area contributed by atoms with Gasteiger partial charge in [0.25, 0.3) is 0 Å². The molecule has 0 atom stereocenters. The normalized spacial score (nSPS) is 13.8. The van der Waals surface area contributed by atoms with Crippen molar-refractivity contribution >= 4 is 17.4 Å². The molecule has 3 rings (SSSR count). The monoisotopic (exact) mass is 281 g/mol. The van der Waals surface area contributed by atoms with Crippen LogP contribution in [0, 0.1) is 5.92 Å². The maximum atomic E-state index is 11.7. The molecule has 1 heterocycles. The molecule has 0 spiro atoms. The number of nitrogens with one attached hydrogen (secondary N) is 1. The van der Waals surface area contributed by atoms with Crippen LogP contribution in [0.5, 0.6) is 0 Å². The Labute approximate surface area is 124 Å². The van der Waals surface area contributed by atoms with E-state index in [9.17, 15) is 4.79 Å². The Morgan fingerprint density at radius 3 is 2.62 bits per heavy atom. The van der Waals surface area contributed by atoms with Gasteiger partial charge in [-0.25, -0.2) is 4.98 Å². The number of amides is 1. The number of hydrogen-bond donors (Lipinski definition) is 1. The largest absolute Gasteiger partial charge is 0.355 e. The molecule has 108 valence electrons. The lowest BCUT2D eigenvalue weighted by molar-refractivity contribution is -0.117. The SMILES string of the molecule is CN(Cc1ccccc1)c1ccc(NC(=O)C2CC2)cn1. The van der Waals surface area contributed by atoms with Crippen molar-refractivity contribution in [2.24, 2.45) is 5.92 Å². The standard InChI is InChI=1S/C17H19N3O/c1-20(12-13-5-3-2-4-6-13)16-10-9-15(11-18-16)19-17(21)14-7-8-14/h2-6,9-11,14H,7-8,12H2,1H3,(H,19,21). The highest BCUT2D eigenvalue weighted by atomic mass is 16.2. The van der Waals surface area contributed by atoms with Gasteiger partial charge in [-0.3, -0.25) is 4.79 Å². The van der Waals surface area contributed by atoms with Gasteiger partial charge in [0.2, 0.25) is 5.91 Å². The van der Waals surface area contributed by atoms with Crippen LogP contribution < -0.4 is 10.2 Å². The summed E-state index contributed by atoms with van der Waals surface area (Å²) >= 11 is 0. The van der Waals surface area contributed by atoms with Gasteiger partial charge in [0, 0.05) is 19.5 Å². The fourth-order valence-corrected chi connectivity index (χ4v) is 2.21. The molecule has 1 aromatic carbocycles. The van der Waals surface area contributed by atoms with E-state index in [1.807, 2.05) is 37.4 Å². The van der Waals surface area contributed by atoms with Crippen LogP contribution in [0.1, 0.15) is 18.4 Å². The molecule has 0 bridgehead atoms. The van der Waals surface area contributed by atoms with Crippen molar-refractivity contribution < 1.29 is 4.79 Å². The fourth-order valence-electron chi connectivity index (χ4n) is 2.21. The van der Waals surface area contributed by atoms with E-state index in [1.165, 1.54) is 5.56 Å². The maximum absolute atomic E-state index is 11.7. The summed E-state index contributed by atoms with van der Waals surface area (Å²) in [5, 5.41) is 2.90. The predicted molar refractivity (Wildman–Crippen MR) is 84.1 cm³/mol. The highest BCUT2D eigenvalue weighted by Gasteiger charge is 2.29. The molecule has 1 aliphatic carbocycles. The number of carbonyl (C=O) groups excluding carboxylic acids is 1. The molecule has 21 heavy (non-hydrogen) atoms. The minimum atomic E-state index is 0.113. The predicted octanol–water partition coefficient (Wildman–Crippen LogP) is 3.07. The van der Waals surface area contributed by atoms with Gasteiger partial charge >= 0.3 is 0 Å². The van der Waals surface area contributed by atoms with Crippen molar-refractivity contribution in [3.05, 3.63) is 54.2 Å². The highest BCUT2D eigenvalue weighted by molar-refractivity contribution is 5.93. The van der Waals surface area contributed by atoms with E-state index in [-0.39, 0.29) is 11.8 Å². The number of hydrogen-bond acceptors (Lipinski definition) is 3. The molecule has 1 N–H and O–H groups in total. The first-order valence-electron chi connectivity index (χ1n) is 7.24. The Balaban J connectivity index is 1.61. The summed E-state index contributed by atoms with van der Waals surface area (Å²) in [6.07, 6.45) is 3.74. The van der Waals surface area contributed by atoms with Gasteiger partial charge in [0.05, 0.1) is 11.9 Å². The molecule has 1 saturated carbocycles. The summed E-state index contributed by atoms with van der Waals surface area (Å²) in [6, 6.07) is 14.1. The van der Waals surface area contributed by atoms with E-state index in [1.54, 1.807) is 6.20 Å². The number of aromatic nitrogens is 1. The molecule has 2 aromatic rings. The van der Waals surface area contributed by atoms with Crippen LogP contribution in [0.2, 0.25) is 0 Å². The van der Waals surface area contributed by atoms with Gasteiger partial charge in [-0.15, -0.1) is 0 Å². The van der Waals surface area contributed by atoms with Crippen LogP contribution in [-0.4, -0.2) is 17.9 Å². The minimum absolute atomic E-state index is 0.113. The van der Waals surface area contributed by atoms with Gasteiger partial charge < -0.3 is 10.2 Å². The molecule has 1 fully saturated rings. The third-order valence-electron chi connectivity index (χ3n) is 3.62. The molecule has 4 nitrogen and oxygen atoms in total. The second-order valence-corrected chi connectivity index (χ2v) is 5.51. The van der Waals surface area contributed by atoms with Gasteiger partial charge in [-0.05, 0) is 30.5 Å². The maximum Gasteiger partial charge on any atom is 0.227 e. The van der Waals surface area contributed by atoms with Gasteiger partial charge in [0.15, 0.2) is 0 Å². The van der Waals surface area contributed by atoms with Crippen LogP contribution in [0.25, 0.3) is 0 Å². The number of carbonyl (C=O) groups is 1. The summed E-state index contributed by atoms with van der Waals surface area (Å²) in [4.78, 5) is 18.2. The van der Waals surface area contributed by atoms with E-state index in [0.29, 0.717) is 0 Å². The Kier molecular flexibility index (Phi) is 3.86. The van der Waals surface area contributed by atoms with E-state index in [2.05, 4.69) is 27.3 Å². The highest BCUT2D eigenvalue weighted by Crippen LogP contribution is 2.30. The molecular weight excluding hydrogens is 262 g/mol. The summed E-state index contributed by atoms with van der Waals surface area (Å²) in [5.74, 6) is 1.22. The average Bonchev–Trinajstić information content (AvgIpc) is 3.33. The van der Waals surface area contributed by atoms with E-state index in [4.69, 9.17) is 0 Å². The van der Waals surface area contributed by atoms with Gasteiger partial charge in [0.1, 0.15) is 5.82 Å². The molecular formula is C17H19N3O. The van der Waals surface area contributed by atoms with E-state index >= 15 is 0 Å². The molecule has 1 aliphatic rings. The van der Waals surface area contributed by atoms with Crippen molar-refractivity contribution in [3.8, 4) is 0 Å². The first-order valence-corrected chi connectivity index (χ1v) is 7.24. The molecule has 1 aromatic heterocycles. The van der Waals surface area contributed by atoms with Crippen LogP contribution in [0.3, 0.4) is 0 Å². The number of pyridine rings is 1. The second kappa shape index (κ2) is 5.95. The molecule has 1 amide bonds. The molecule has 0 aliphatic heterocycles. The lowest BCUT2D eigenvalue weighted by atomic mass is 10.2. The smallest absolute Gasteiger partial charge is 0.227 e. The zero-order valence-electron chi connectivity index (χ0n) is 12.1. The van der Waals surface area contributed by atoms with Crippen LogP contribution in [-0.2, 0) is 11.3 Å². The van der Waals surface area contributed by atoms with Crippen molar-refractivity contribution in [1.29, 1.82) is 0 Å². The van der Waals surface area contributed by atoms with E-state index < -0.39 is 0 Å². The summed E-state index contributed by atoms with van der Waals surface area (Å²) in [6.45, 7) is 0.807. The van der Waals surface area contributed by atoms with Crippen LogP contribution in [0.15, 0.2) is 48.7 Å². The van der Waals surface area contributed by atoms with Gasteiger partial charge in [-0.2, -0.15) is 0 Å². The first-order chi connectivity index (χ1) is 10.2. The van der Waals surface area contributed by atoms with Gasteiger partial charge in [-0.1, -0.05) is 30.3 Å². The Hall–Kier alpha value is -2.36. The number of rotatable bonds is 5. The van der Waals surface area contributed by atoms with Crippen LogP contribution >= 0.6 is 0 Å². The van der Waals surface area contributed by atoms with Crippen molar-refractivity contribution in [3.63, 3.8) is 0 Å². The number of nitrogens with zero attached hydrogens (tertiary/aromatic N) is 2. The molecule has 0 unspecified atom stereocenters. The average molecular weight is 281 g/mol. The summed E-state index contributed by atoms with van der Waals surface area (Å²) in [5.41, 5.74) is 2.01. The lowest BCUT2D eigenvalue weighted by Gasteiger charge is -2.18. The molecule has 4 heteroatoms. The van der Waals surface area contributed by atoms with Crippen molar-refractivity contribution in [2.75, 3.05) is 17.3 Å². The minimum Gasteiger partial charge on any atom is -0.355 e. The van der Waals surface area contributed by atoms with E-state index in [0.717, 1.165) is 30.9 Å². The molecule has 0 saturated heterocycles. The lowest BCUT2D eigenvalue weighted by Crippen LogP contribution is -2.18. The number of benzene rings is 1. The zero-order valence-corrected chi connectivity index (χ0v) is 12.1. The Morgan fingerprint density at radius 2 is 2.00 bits per heavy atom. The third kappa shape index (κ3) is 3.60. The first kappa shape index (κ1) is 13.6. The molecule has 0 radical (unpaired) electrons. The summed E-state index contributed by atoms with van der Waals surface area (Å²) < 4.78 is 0. The second-order valence-electron chi connectivity index (χ2n) is 5.51. The topological polar surface area (TPSA) is 45.2 Å². The fraction of sp³-hybridized carbons (Fsp3) is 0.294. The number of anilines is 2. The summed E-state index contributed by atoms with van der Waals surface area (Å²) in [7, 11) is 2.01. The quantitative estimate of drug-likeness (QED) is 0.916. The zero-order chi connectivity index (χ0) is 14.7.